The number of nitrogens with one attached hydrogen (secondary N) is 1. The van der Waals surface area contributed by atoms with Gasteiger partial charge in [0.15, 0.2) is 0 Å². The number of methoxy groups -OCH3 is 1. The highest BCUT2D eigenvalue weighted by Gasteiger charge is 2.13. The SMILES string of the molecule is COc1cc(Cl)c(C)cc1NC(=O)CSc1nnc(C)c(=O)n1N. The second-order valence-corrected chi connectivity index (χ2v) is 6.23. The molecule has 10 heteroatoms. The molecule has 1 aromatic carbocycles. The van der Waals surface area contributed by atoms with Gasteiger partial charge in [0.2, 0.25) is 11.1 Å². The minimum absolute atomic E-state index is 0.000784. The fourth-order valence-corrected chi connectivity index (χ4v) is 2.62. The van der Waals surface area contributed by atoms with Gasteiger partial charge in [0.05, 0.1) is 18.6 Å². The Kier molecular flexibility index (Phi) is 5.68. The van der Waals surface area contributed by atoms with Crippen molar-refractivity contribution in [2.45, 2.75) is 19.0 Å². The van der Waals surface area contributed by atoms with E-state index in [1.165, 1.54) is 14.0 Å². The van der Waals surface area contributed by atoms with Crippen LogP contribution in [-0.4, -0.2) is 33.6 Å². The fourth-order valence-electron chi connectivity index (χ4n) is 1.81. The van der Waals surface area contributed by atoms with Gasteiger partial charge < -0.3 is 15.9 Å². The molecule has 3 N–H and O–H groups in total. The van der Waals surface area contributed by atoms with Crippen LogP contribution in [0.1, 0.15) is 11.3 Å². The van der Waals surface area contributed by atoms with E-state index in [2.05, 4.69) is 15.5 Å². The summed E-state index contributed by atoms with van der Waals surface area (Å²) in [5.41, 5.74) is 1.04. The zero-order chi connectivity index (χ0) is 17.9. The number of aryl methyl sites for hydroxylation is 2. The van der Waals surface area contributed by atoms with E-state index >= 15 is 0 Å². The predicted molar refractivity (Wildman–Crippen MR) is 93.3 cm³/mol. The number of aromatic nitrogens is 3. The molecular formula is C14H16ClN5O3S. The number of rotatable bonds is 5. The van der Waals surface area contributed by atoms with Crippen molar-refractivity contribution < 1.29 is 9.53 Å². The monoisotopic (exact) mass is 369 g/mol. The number of halogens is 1. The molecule has 1 amide bonds. The molecule has 0 unspecified atom stereocenters. The zero-order valence-electron chi connectivity index (χ0n) is 13.3. The van der Waals surface area contributed by atoms with Gasteiger partial charge in [-0.1, -0.05) is 23.4 Å². The quantitative estimate of drug-likeness (QED) is 0.604. The molecule has 24 heavy (non-hydrogen) atoms. The second kappa shape index (κ2) is 7.54. The lowest BCUT2D eigenvalue weighted by atomic mass is 10.2. The average Bonchev–Trinajstić information content (AvgIpc) is 2.55. The van der Waals surface area contributed by atoms with Gasteiger partial charge in [0.25, 0.3) is 5.56 Å². The summed E-state index contributed by atoms with van der Waals surface area (Å²) in [5.74, 6) is 5.76. The minimum Gasteiger partial charge on any atom is -0.495 e. The van der Waals surface area contributed by atoms with Crippen molar-refractivity contribution in [3.05, 3.63) is 38.8 Å². The van der Waals surface area contributed by atoms with Crippen LogP contribution in [0.2, 0.25) is 5.02 Å². The van der Waals surface area contributed by atoms with E-state index < -0.39 is 5.56 Å². The highest BCUT2D eigenvalue weighted by atomic mass is 35.5. The van der Waals surface area contributed by atoms with Crippen molar-refractivity contribution in [2.24, 2.45) is 0 Å². The van der Waals surface area contributed by atoms with Crippen LogP contribution in [0.5, 0.6) is 5.75 Å². The van der Waals surface area contributed by atoms with Crippen molar-refractivity contribution in [3.63, 3.8) is 0 Å². The van der Waals surface area contributed by atoms with Gasteiger partial charge in [-0.15, -0.1) is 10.2 Å². The van der Waals surface area contributed by atoms with Crippen molar-refractivity contribution in [2.75, 3.05) is 24.0 Å². The summed E-state index contributed by atoms with van der Waals surface area (Å²) in [4.78, 5) is 23.8. The first-order chi connectivity index (χ1) is 11.3. The van der Waals surface area contributed by atoms with Gasteiger partial charge in [0, 0.05) is 11.1 Å². The van der Waals surface area contributed by atoms with Crippen molar-refractivity contribution in [1.82, 2.24) is 14.9 Å². The number of thioether (sulfide) groups is 1. The third kappa shape index (κ3) is 3.98. The summed E-state index contributed by atoms with van der Waals surface area (Å²) in [6.45, 7) is 3.33. The van der Waals surface area contributed by atoms with Crippen molar-refractivity contribution >= 4 is 35.0 Å². The average molecular weight is 370 g/mol. The molecule has 128 valence electrons. The molecule has 0 aliphatic rings. The molecule has 1 aromatic heterocycles. The Morgan fingerprint density at radius 3 is 2.79 bits per heavy atom. The van der Waals surface area contributed by atoms with Crippen LogP contribution >= 0.6 is 23.4 Å². The van der Waals surface area contributed by atoms with Gasteiger partial charge >= 0.3 is 0 Å². The number of carbonyl (C=O) groups excluding carboxylic acids is 1. The molecular weight excluding hydrogens is 354 g/mol. The molecule has 0 saturated carbocycles. The molecule has 1 heterocycles. The number of carbonyl (C=O) groups is 1. The van der Waals surface area contributed by atoms with E-state index in [1.807, 2.05) is 6.92 Å². The van der Waals surface area contributed by atoms with E-state index in [0.29, 0.717) is 16.5 Å². The number of hydrogen-bond donors (Lipinski definition) is 2. The number of nitrogens with two attached hydrogens (primary N) is 1. The Labute approximate surface area is 147 Å². The van der Waals surface area contributed by atoms with Crippen LogP contribution in [0.25, 0.3) is 0 Å². The van der Waals surface area contributed by atoms with Crippen molar-refractivity contribution in [1.29, 1.82) is 0 Å². The van der Waals surface area contributed by atoms with Gasteiger partial charge in [-0.25, -0.2) is 0 Å². The number of benzene rings is 1. The lowest BCUT2D eigenvalue weighted by Gasteiger charge is -2.12. The molecule has 0 aliphatic heterocycles. The molecule has 2 rings (SSSR count). The predicted octanol–water partition coefficient (Wildman–Crippen LogP) is 1.36. The molecule has 8 nitrogen and oxygen atoms in total. The maximum Gasteiger partial charge on any atom is 0.294 e. The lowest BCUT2D eigenvalue weighted by Crippen LogP contribution is -2.32. The normalized spacial score (nSPS) is 10.5. The zero-order valence-corrected chi connectivity index (χ0v) is 14.9. The largest absolute Gasteiger partial charge is 0.495 e. The number of hydrogen-bond acceptors (Lipinski definition) is 7. The summed E-state index contributed by atoms with van der Waals surface area (Å²) in [5, 5.41) is 10.9. The van der Waals surface area contributed by atoms with Crippen LogP contribution in [0, 0.1) is 13.8 Å². The molecule has 0 radical (unpaired) electrons. The second-order valence-electron chi connectivity index (χ2n) is 4.88. The van der Waals surface area contributed by atoms with E-state index in [1.54, 1.807) is 12.1 Å². The first-order valence-corrected chi connectivity index (χ1v) is 8.18. The molecule has 0 atom stereocenters. The Balaban J connectivity index is 2.08. The van der Waals surface area contributed by atoms with E-state index in [0.717, 1.165) is 22.0 Å². The van der Waals surface area contributed by atoms with Gasteiger partial charge in [-0.05, 0) is 25.5 Å². The maximum atomic E-state index is 12.1. The molecule has 0 aliphatic carbocycles. The smallest absolute Gasteiger partial charge is 0.294 e. The summed E-state index contributed by atoms with van der Waals surface area (Å²) in [6, 6.07) is 3.34. The highest BCUT2D eigenvalue weighted by Crippen LogP contribution is 2.31. The Morgan fingerprint density at radius 2 is 2.12 bits per heavy atom. The summed E-state index contributed by atoms with van der Waals surface area (Å²) < 4.78 is 6.07. The van der Waals surface area contributed by atoms with Gasteiger partial charge in [0.1, 0.15) is 11.4 Å². The van der Waals surface area contributed by atoms with Crippen LogP contribution in [-0.2, 0) is 4.79 Å². The number of nitrogen functional groups attached to an aromatic ring is 1. The Hall–Kier alpha value is -2.26. The Bertz CT molecular complexity index is 840. The Morgan fingerprint density at radius 1 is 1.42 bits per heavy atom. The fraction of sp³-hybridized carbons (Fsp3) is 0.286. The number of anilines is 1. The van der Waals surface area contributed by atoms with Gasteiger partial charge in [-0.2, -0.15) is 4.68 Å². The summed E-state index contributed by atoms with van der Waals surface area (Å²) >= 11 is 7.03. The van der Waals surface area contributed by atoms with E-state index in [-0.39, 0.29) is 22.5 Å². The number of ether oxygens (including phenoxy) is 1. The summed E-state index contributed by atoms with van der Waals surface area (Å²) in [6.07, 6.45) is 0. The standard InChI is InChI=1S/C14H16ClN5O3S/c1-7-4-10(11(23-3)5-9(7)15)17-12(21)6-24-14-19-18-8(2)13(22)20(14)16/h4-5H,6,16H2,1-3H3,(H,17,21). The molecule has 2 aromatic rings. The summed E-state index contributed by atoms with van der Waals surface area (Å²) in [7, 11) is 1.49. The molecule has 0 bridgehead atoms. The van der Waals surface area contributed by atoms with Crippen LogP contribution in [0.4, 0.5) is 5.69 Å². The number of nitrogens with zero attached hydrogens (tertiary/aromatic N) is 3. The lowest BCUT2D eigenvalue weighted by molar-refractivity contribution is -0.113. The van der Waals surface area contributed by atoms with Crippen molar-refractivity contribution in [3.8, 4) is 5.75 Å². The van der Waals surface area contributed by atoms with E-state index in [4.69, 9.17) is 22.2 Å². The molecule has 0 fully saturated rings. The van der Waals surface area contributed by atoms with Gasteiger partial charge in [-0.3, -0.25) is 9.59 Å². The molecule has 0 saturated heterocycles. The third-order valence-electron chi connectivity index (χ3n) is 3.11. The van der Waals surface area contributed by atoms with E-state index in [9.17, 15) is 9.59 Å². The van der Waals surface area contributed by atoms with Crippen LogP contribution < -0.4 is 21.5 Å². The molecule has 0 spiro atoms. The van der Waals surface area contributed by atoms with Crippen LogP contribution in [0.15, 0.2) is 22.1 Å². The first kappa shape index (κ1) is 18.1. The highest BCUT2D eigenvalue weighted by molar-refractivity contribution is 7.99. The first-order valence-electron chi connectivity index (χ1n) is 6.81. The van der Waals surface area contributed by atoms with Crippen LogP contribution in [0.3, 0.4) is 0 Å². The topological polar surface area (TPSA) is 112 Å². The number of amides is 1. The third-order valence-corrected chi connectivity index (χ3v) is 4.46. The minimum atomic E-state index is -0.456. The maximum absolute atomic E-state index is 12.1.